The molecule has 0 spiro atoms. The van der Waals surface area contributed by atoms with Crippen molar-refractivity contribution >= 4 is 18.2 Å². The minimum atomic E-state index is -1.14. The van der Waals surface area contributed by atoms with Crippen LogP contribution in [0.3, 0.4) is 0 Å². The van der Waals surface area contributed by atoms with Gasteiger partial charge in [0.1, 0.15) is 6.10 Å². The Morgan fingerprint density at radius 2 is 1.50 bits per heavy atom. The second kappa shape index (κ2) is 13.3. The van der Waals surface area contributed by atoms with Crippen LogP contribution in [0.1, 0.15) is 35.8 Å². The fraction of sp³-hybridized carbons (Fsp3) is 0.200. The molecular weight excluding hydrogens is 556 g/mol. The number of ketones is 1. The number of carbonyl (C=O) groups excluding carboxylic acids is 3. The molecule has 0 aliphatic heterocycles. The van der Waals surface area contributed by atoms with Gasteiger partial charge in [-0.1, -0.05) is 55.0 Å². The molecule has 0 heterocycles. The minimum absolute atomic E-state index is 0. The maximum absolute atomic E-state index is 12.4. The van der Waals surface area contributed by atoms with E-state index in [1.54, 1.807) is 61.5 Å². The average molecular weight is 577 g/mol. The molecule has 0 fully saturated rings. The van der Waals surface area contributed by atoms with E-state index in [0.717, 1.165) is 0 Å². The van der Waals surface area contributed by atoms with Crippen LogP contribution in [0.25, 0.3) is 0 Å². The van der Waals surface area contributed by atoms with Gasteiger partial charge in [-0.25, -0.2) is 0 Å². The maximum atomic E-state index is 12.4. The van der Waals surface area contributed by atoms with Gasteiger partial charge in [0.2, 0.25) is 0 Å². The van der Waals surface area contributed by atoms with Crippen molar-refractivity contribution in [3.05, 3.63) is 78.7 Å². The Bertz CT molecular complexity index is 677. The molecule has 0 radical (unpaired) electrons. The topological polar surface area (TPSA) is 72.5 Å². The van der Waals surface area contributed by atoms with Gasteiger partial charge in [0.25, 0.3) is 5.91 Å². The van der Waals surface area contributed by atoms with Gasteiger partial charge in [0, 0.05) is 5.56 Å². The van der Waals surface area contributed by atoms with Crippen molar-refractivity contribution in [2.75, 3.05) is 0 Å². The summed E-state index contributed by atoms with van der Waals surface area (Å²) >= 11 is 0. The first-order valence-electron chi connectivity index (χ1n) is 7.78. The van der Waals surface area contributed by atoms with Gasteiger partial charge in [-0.05, 0) is 24.6 Å². The van der Waals surface area contributed by atoms with E-state index in [2.05, 4.69) is 12.2 Å². The molecule has 0 aliphatic carbocycles. The number of amides is 1. The molecule has 0 bridgehead atoms. The molecule has 0 saturated carbocycles. The third-order valence-corrected chi connectivity index (χ3v) is 3.36. The Labute approximate surface area is 177 Å². The summed E-state index contributed by atoms with van der Waals surface area (Å²) in [4.78, 5) is 34.8. The van der Waals surface area contributed by atoms with Gasteiger partial charge < -0.3 is 21.8 Å². The number of Topliss-reactive ketones (excluding diaryl/α,β-unsaturated/α-hetero) is 1. The molecule has 0 aromatic heterocycles. The molecule has 0 aliphatic rings. The molecule has 1 amide bonds. The second-order valence-corrected chi connectivity index (χ2v) is 4.96. The summed E-state index contributed by atoms with van der Waals surface area (Å²) in [5.74, 6) is -0.740. The maximum Gasteiger partial charge on any atom is 2.00 e. The molecule has 0 saturated heterocycles. The Balaban J connectivity index is 0.00000201. The zero-order valence-corrected chi connectivity index (χ0v) is 18.9. The van der Waals surface area contributed by atoms with Crippen LogP contribution in [0.5, 0.6) is 0 Å². The SMILES string of the molecule is CC(=O)[C@H](O[C-]=O)[C@@H](NC(=O)c1ccccc1)c1ccccc1.[CH2-]C.[U+2]. The minimum Gasteiger partial charge on any atom is -0.644 e. The van der Waals surface area contributed by atoms with E-state index in [0.29, 0.717) is 11.1 Å². The fourth-order valence-corrected chi connectivity index (χ4v) is 2.25. The molecule has 5 nitrogen and oxygen atoms in total. The van der Waals surface area contributed by atoms with E-state index in [1.807, 2.05) is 6.07 Å². The van der Waals surface area contributed by atoms with E-state index in [-0.39, 0.29) is 42.8 Å². The molecule has 26 heavy (non-hydrogen) atoms. The molecule has 2 aromatic rings. The van der Waals surface area contributed by atoms with Gasteiger partial charge in [0.15, 0.2) is 5.78 Å². The number of hydrogen-bond donors (Lipinski definition) is 1. The van der Waals surface area contributed by atoms with E-state index in [9.17, 15) is 14.4 Å². The molecule has 134 valence electrons. The molecule has 2 rings (SSSR count). The van der Waals surface area contributed by atoms with Crippen molar-refractivity contribution in [1.29, 1.82) is 0 Å². The van der Waals surface area contributed by atoms with E-state index < -0.39 is 12.1 Å². The van der Waals surface area contributed by atoms with E-state index >= 15 is 0 Å². The molecule has 2 atom stereocenters. The van der Waals surface area contributed by atoms with Gasteiger partial charge in [-0.2, -0.15) is 6.92 Å². The first-order chi connectivity index (χ1) is 12.1. The zero-order valence-electron chi connectivity index (χ0n) is 14.8. The van der Waals surface area contributed by atoms with Crippen LogP contribution < -0.4 is 5.32 Å². The molecular formula is C20H21NO4U. The summed E-state index contributed by atoms with van der Waals surface area (Å²) in [6.07, 6.45) is -1.14. The Morgan fingerprint density at radius 3 is 1.96 bits per heavy atom. The van der Waals surface area contributed by atoms with E-state index in [1.165, 1.54) is 13.4 Å². The zero-order chi connectivity index (χ0) is 18.7. The summed E-state index contributed by atoms with van der Waals surface area (Å²) in [6.45, 7) is 7.59. The summed E-state index contributed by atoms with van der Waals surface area (Å²) in [7, 11) is 0. The number of ether oxygens (including phenoxy) is 1. The number of benzene rings is 2. The normalized spacial score (nSPS) is 11.5. The second-order valence-electron chi connectivity index (χ2n) is 4.96. The van der Waals surface area contributed by atoms with Gasteiger partial charge in [-0.3, -0.25) is 9.59 Å². The third-order valence-electron chi connectivity index (χ3n) is 3.36. The largest absolute Gasteiger partial charge is 2.00 e. The van der Waals surface area contributed by atoms with Gasteiger partial charge in [-0.15, -0.1) is 0 Å². The van der Waals surface area contributed by atoms with Gasteiger partial charge in [0.05, 0.1) is 6.04 Å². The van der Waals surface area contributed by atoms with Crippen LogP contribution >= 0.6 is 0 Å². The number of rotatable bonds is 7. The predicted molar refractivity (Wildman–Crippen MR) is 95.4 cm³/mol. The van der Waals surface area contributed by atoms with Crippen molar-refractivity contribution in [3.63, 3.8) is 0 Å². The van der Waals surface area contributed by atoms with Crippen LogP contribution in [0.15, 0.2) is 60.7 Å². The predicted octanol–water partition coefficient (Wildman–Crippen LogP) is 3.04. The first kappa shape index (κ1) is 24.1. The van der Waals surface area contributed by atoms with Crippen molar-refractivity contribution in [2.24, 2.45) is 0 Å². The standard InChI is InChI=1S/C18H16NO4.C2H5.U/c1-13(21)17(23-12-20)16(14-8-4-2-5-9-14)19-18(22)15-10-6-3-7-11-15;1-2;/h2-11,16-17H,1H3,(H,19,22);1H2,2H3;/q2*-1;+2/t16-,17-;;/m0../s1. The summed E-state index contributed by atoms with van der Waals surface area (Å²) < 4.78 is 4.79. The number of carbonyl (C=O) groups is 2. The third kappa shape index (κ3) is 7.15. The van der Waals surface area contributed by atoms with Crippen LogP contribution in [0, 0.1) is 38.0 Å². The van der Waals surface area contributed by atoms with Crippen molar-refractivity contribution in [2.45, 2.75) is 26.0 Å². The van der Waals surface area contributed by atoms with Gasteiger partial charge >= 0.3 is 31.1 Å². The fourth-order valence-electron chi connectivity index (χ4n) is 2.25. The van der Waals surface area contributed by atoms with Crippen LogP contribution in [0.2, 0.25) is 0 Å². The van der Waals surface area contributed by atoms with Crippen molar-refractivity contribution < 1.29 is 50.2 Å². The van der Waals surface area contributed by atoms with Crippen molar-refractivity contribution in [3.8, 4) is 0 Å². The Hall–Kier alpha value is -1.90. The smallest absolute Gasteiger partial charge is 0.644 e. The van der Waals surface area contributed by atoms with E-state index in [4.69, 9.17) is 4.74 Å². The molecule has 1 N–H and O–H groups in total. The first-order valence-corrected chi connectivity index (χ1v) is 7.78. The molecule has 0 unspecified atom stereocenters. The van der Waals surface area contributed by atoms with Crippen molar-refractivity contribution in [1.82, 2.24) is 5.32 Å². The number of hydrogen-bond acceptors (Lipinski definition) is 4. The van der Waals surface area contributed by atoms with Crippen LogP contribution in [0.4, 0.5) is 0 Å². The summed E-state index contributed by atoms with van der Waals surface area (Å²) in [6, 6.07) is 16.7. The Morgan fingerprint density at radius 1 is 1.00 bits per heavy atom. The summed E-state index contributed by atoms with van der Waals surface area (Å²) in [5.41, 5.74) is 1.11. The van der Waals surface area contributed by atoms with Crippen LogP contribution in [-0.2, 0) is 14.3 Å². The molecule has 6 heteroatoms. The quantitative estimate of drug-likeness (QED) is 0.514. The molecule has 2 aromatic carbocycles. The van der Waals surface area contributed by atoms with Crippen LogP contribution in [-0.4, -0.2) is 24.3 Å². The average Bonchev–Trinajstić information content (AvgIpc) is 2.67. The monoisotopic (exact) mass is 577 g/mol. The number of nitrogens with one attached hydrogen (secondary N) is 1. The summed E-state index contributed by atoms with van der Waals surface area (Å²) in [5, 5.41) is 2.75. The Kier molecular flexibility index (Phi) is 12.4.